The lowest BCUT2D eigenvalue weighted by Crippen LogP contribution is -2.30. The second-order valence-electron chi connectivity index (χ2n) is 17.8. The second kappa shape index (κ2) is 51.7. The number of rotatable bonds is 48. The second-order valence-corrected chi connectivity index (χ2v) is 17.8. The predicted octanol–water partition coefficient (Wildman–Crippen LogP) is 17.6. The molecule has 0 radical (unpaired) electrons. The third-order valence-corrected chi connectivity index (χ3v) is 11.5. The lowest BCUT2D eigenvalue weighted by Gasteiger charge is -2.18. The largest absolute Gasteiger partial charge is 0.462 e. The molecule has 0 rings (SSSR count). The Kier molecular flexibility index (Phi) is 49.4. The summed E-state index contributed by atoms with van der Waals surface area (Å²) in [6.07, 6.45) is 63.6. The summed E-state index contributed by atoms with van der Waals surface area (Å²) in [7, 11) is 0. The molecule has 0 aromatic rings. The number of carbonyl (C=O) groups is 3. The minimum absolute atomic E-state index is 0.0851. The number of allylic oxidation sites excluding steroid dienone is 10. The van der Waals surface area contributed by atoms with Crippen LogP contribution in [0, 0.1) is 0 Å². The number of hydrogen-bond donors (Lipinski definition) is 0. The number of carbonyl (C=O) groups excluding carboxylic acids is 3. The fourth-order valence-corrected chi connectivity index (χ4v) is 7.49. The number of hydrogen-bond acceptors (Lipinski definition) is 6. The van der Waals surface area contributed by atoms with E-state index in [1.807, 2.05) is 0 Å². The Labute approximate surface area is 390 Å². The molecule has 0 aromatic heterocycles. The summed E-state index contributed by atoms with van der Waals surface area (Å²) < 4.78 is 16.7. The van der Waals surface area contributed by atoms with Crippen LogP contribution in [0.2, 0.25) is 0 Å². The molecular weight excluding hydrogens is 781 g/mol. The van der Waals surface area contributed by atoms with Crippen molar-refractivity contribution in [2.24, 2.45) is 0 Å². The van der Waals surface area contributed by atoms with Crippen LogP contribution in [0.3, 0.4) is 0 Å². The van der Waals surface area contributed by atoms with Gasteiger partial charge in [-0.25, -0.2) is 0 Å². The van der Waals surface area contributed by atoms with Crippen molar-refractivity contribution in [3.05, 3.63) is 60.8 Å². The molecule has 0 bridgehead atoms. The molecule has 0 saturated carbocycles. The minimum Gasteiger partial charge on any atom is -0.462 e. The highest BCUT2D eigenvalue weighted by Gasteiger charge is 2.19. The Morgan fingerprint density at radius 2 is 0.619 bits per heavy atom. The predicted molar refractivity (Wildman–Crippen MR) is 270 cm³/mol. The highest BCUT2D eigenvalue weighted by atomic mass is 16.6. The van der Waals surface area contributed by atoms with E-state index in [-0.39, 0.29) is 31.1 Å². The molecule has 0 aliphatic heterocycles. The Balaban J connectivity index is 4.24. The molecule has 63 heavy (non-hydrogen) atoms. The summed E-state index contributed by atoms with van der Waals surface area (Å²) >= 11 is 0. The van der Waals surface area contributed by atoms with Gasteiger partial charge in [0.25, 0.3) is 0 Å². The van der Waals surface area contributed by atoms with Gasteiger partial charge >= 0.3 is 17.9 Å². The zero-order valence-electron chi connectivity index (χ0n) is 41.6. The third-order valence-electron chi connectivity index (χ3n) is 11.5. The molecule has 0 spiro atoms. The molecule has 0 N–H and O–H groups in total. The van der Waals surface area contributed by atoms with Crippen molar-refractivity contribution in [2.75, 3.05) is 13.2 Å². The summed E-state index contributed by atoms with van der Waals surface area (Å²) in [4.78, 5) is 37.9. The van der Waals surface area contributed by atoms with Crippen molar-refractivity contribution in [3.8, 4) is 0 Å². The number of unbranched alkanes of at least 4 members (excludes halogenated alkanes) is 27. The van der Waals surface area contributed by atoms with Crippen LogP contribution < -0.4 is 0 Å². The van der Waals surface area contributed by atoms with Crippen molar-refractivity contribution in [1.29, 1.82) is 0 Å². The third kappa shape index (κ3) is 50.0. The number of ether oxygens (including phenoxy) is 3. The zero-order chi connectivity index (χ0) is 45.8. The van der Waals surface area contributed by atoms with Crippen molar-refractivity contribution in [1.82, 2.24) is 0 Å². The van der Waals surface area contributed by atoms with Gasteiger partial charge in [-0.3, -0.25) is 14.4 Å². The lowest BCUT2D eigenvalue weighted by atomic mass is 10.0. The highest BCUT2D eigenvalue weighted by molar-refractivity contribution is 5.71. The van der Waals surface area contributed by atoms with E-state index < -0.39 is 6.10 Å². The van der Waals surface area contributed by atoms with Crippen molar-refractivity contribution < 1.29 is 28.6 Å². The van der Waals surface area contributed by atoms with Crippen LogP contribution >= 0.6 is 0 Å². The molecule has 0 fully saturated rings. The van der Waals surface area contributed by atoms with Crippen LogP contribution in [-0.4, -0.2) is 37.2 Å². The molecule has 1 unspecified atom stereocenters. The average molecular weight is 881 g/mol. The molecule has 0 amide bonds. The van der Waals surface area contributed by atoms with E-state index in [1.165, 1.54) is 135 Å². The van der Waals surface area contributed by atoms with Gasteiger partial charge in [-0.15, -0.1) is 0 Å². The Morgan fingerprint density at radius 3 is 0.984 bits per heavy atom. The zero-order valence-corrected chi connectivity index (χ0v) is 41.6. The van der Waals surface area contributed by atoms with Gasteiger partial charge in [0.05, 0.1) is 0 Å². The number of esters is 3. The van der Waals surface area contributed by atoms with Crippen LogP contribution in [0.15, 0.2) is 60.8 Å². The van der Waals surface area contributed by atoms with Crippen molar-refractivity contribution in [2.45, 2.75) is 271 Å². The molecule has 0 aromatic carbocycles. The van der Waals surface area contributed by atoms with Crippen molar-refractivity contribution in [3.63, 3.8) is 0 Å². The summed E-state index contributed by atoms with van der Waals surface area (Å²) in [5, 5.41) is 0. The maximum atomic E-state index is 12.8. The molecule has 1 atom stereocenters. The van der Waals surface area contributed by atoms with E-state index in [9.17, 15) is 14.4 Å². The quantitative estimate of drug-likeness (QED) is 0.0262. The lowest BCUT2D eigenvalue weighted by molar-refractivity contribution is -0.167. The molecule has 0 heterocycles. The maximum absolute atomic E-state index is 12.8. The first kappa shape index (κ1) is 60.1. The first-order valence-corrected chi connectivity index (χ1v) is 26.8. The van der Waals surface area contributed by atoms with E-state index in [0.29, 0.717) is 19.3 Å². The Morgan fingerprint density at radius 1 is 0.333 bits per heavy atom. The average Bonchev–Trinajstić information content (AvgIpc) is 3.28. The molecule has 0 aliphatic rings. The minimum atomic E-state index is -0.786. The SMILES string of the molecule is CC/C=C\C/C=C\C/C=C\CCCCCC(=O)OC(COC(=O)CCCCCCCCCCC)COC(=O)CCCCCCCCCCCCC/C=C\C/C=C\CCCCCCC. The fourth-order valence-electron chi connectivity index (χ4n) is 7.49. The molecular formula is C57H100O6. The van der Waals surface area contributed by atoms with E-state index in [2.05, 4.69) is 81.5 Å². The molecule has 0 saturated heterocycles. The van der Waals surface area contributed by atoms with Crippen LogP contribution in [0.5, 0.6) is 0 Å². The van der Waals surface area contributed by atoms with Crippen molar-refractivity contribution >= 4 is 17.9 Å². The van der Waals surface area contributed by atoms with Gasteiger partial charge in [0.2, 0.25) is 0 Å². The molecule has 0 aliphatic carbocycles. The molecule has 6 nitrogen and oxygen atoms in total. The summed E-state index contributed by atoms with van der Waals surface area (Å²) in [6, 6.07) is 0. The van der Waals surface area contributed by atoms with E-state index in [0.717, 1.165) is 89.9 Å². The van der Waals surface area contributed by atoms with E-state index >= 15 is 0 Å². The van der Waals surface area contributed by atoms with Gasteiger partial charge < -0.3 is 14.2 Å². The summed E-state index contributed by atoms with van der Waals surface area (Å²) in [5.74, 6) is -0.915. The first-order valence-electron chi connectivity index (χ1n) is 26.8. The van der Waals surface area contributed by atoms with E-state index in [4.69, 9.17) is 14.2 Å². The summed E-state index contributed by atoms with van der Waals surface area (Å²) in [5.41, 5.74) is 0. The summed E-state index contributed by atoms with van der Waals surface area (Å²) in [6.45, 7) is 6.48. The first-order chi connectivity index (χ1) is 31.0. The van der Waals surface area contributed by atoms with Crippen LogP contribution in [0.1, 0.15) is 265 Å². The highest BCUT2D eigenvalue weighted by Crippen LogP contribution is 2.15. The standard InChI is InChI=1S/C57H100O6/c1-4-7-10-13-16-19-21-23-24-25-26-27-28-29-30-31-32-34-35-38-41-44-47-50-56(59)62-53-54(52-61-55(58)49-46-43-40-37-18-15-12-9-6-3)63-57(60)51-48-45-42-39-36-33-22-20-17-14-11-8-5-2/h8,11,17,20-21,23,25-26,33,36,54H,4-7,9-10,12-16,18-19,22,24,27-32,34-35,37-53H2,1-3H3/b11-8-,20-17-,23-21-,26-25-,36-33-. The Hall–Kier alpha value is -2.89. The van der Waals surface area contributed by atoms with Gasteiger partial charge in [0.15, 0.2) is 6.10 Å². The Bertz CT molecular complexity index is 1150. The van der Waals surface area contributed by atoms with Crippen LogP contribution in [-0.2, 0) is 28.6 Å². The van der Waals surface area contributed by atoms with Gasteiger partial charge in [-0.2, -0.15) is 0 Å². The van der Waals surface area contributed by atoms with Gasteiger partial charge in [-0.05, 0) is 83.5 Å². The van der Waals surface area contributed by atoms with E-state index in [1.54, 1.807) is 0 Å². The monoisotopic (exact) mass is 881 g/mol. The smallest absolute Gasteiger partial charge is 0.306 e. The van der Waals surface area contributed by atoms with Crippen LogP contribution in [0.25, 0.3) is 0 Å². The molecule has 6 heteroatoms. The van der Waals surface area contributed by atoms with Gasteiger partial charge in [0, 0.05) is 19.3 Å². The maximum Gasteiger partial charge on any atom is 0.306 e. The topological polar surface area (TPSA) is 78.9 Å². The normalized spacial score (nSPS) is 12.5. The fraction of sp³-hybridized carbons (Fsp3) is 0.772. The van der Waals surface area contributed by atoms with Gasteiger partial charge in [-0.1, -0.05) is 223 Å². The van der Waals surface area contributed by atoms with Gasteiger partial charge in [0.1, 0.15) is 13.2 Å². The van der Waals surface area contributed by atoms with Crippen LogP contribution in [0.4, 0.5) is 0 Å². The molecule has 364 valence electrons.